The molecule has 160 valence electrons. The van der Waals surface area contributed by atoms with E-state index in [2.05, 4.69) is 15.3 Å². The zero-order chi connectivity index (χ0) is 22.4. The van der Waals surface area contributed by atoms with Crippen LogP contribution in [0.25, 0.3) is 16.9 Å². The number of nitrogens with zero attached hydrogens (tertiary/aromatic N) is 3. The number of alkyl halides is 3. The number of fused-ring (bicyclic) bond motifs is 1. The number of aliphatic hydroxyl groups is 1. The number of hydrogen-bond donors (Lipinski definition) is 2. The van der Waals surface area contributed by atoms with Crippen LogP contribution in [0.1, 0.15) is 31.5 Å². The van der Waals surface area contributed by atoms with Crippen molar-refractivity contribution in [2.24, 2.45) is 0 Å². The standard InChI is InChI=1S/C19H17F5N4O2/c1-9-4-13-16(27-15(9)19(22,23)24)28(12-6-10(20)5-11(21)7-12)17(25-13)26-14(29)8-18(2,3)30/h4-7,30H,8H2,1-3H3,(H,25,26,29). The molecular formula is C19H17F5N4O2. The second kappa shape index (κ2) is 7.31. The Bertz CT molecular complexity index is 1110. The minimum absolute atomic E-state index is 0.0243. The molecule has 2 N–H and O–H groups in total. The number of imidazole rings is 1. The van der Waals surface area contributed by atoms with Crippen LogP contribution in [-0.2, 0) is 11.0 Å². The molecule has 30 heavy (non-hydrogen) atoms. The molecule has 0 aliphatic carbocycles. The number of benzene rings is 1. The molecule has 0 radical (unpaired) electrons. The summed E-state index contributed by atoms with van der Waals surface area (Å²) in [5.74, 6) is -2.97. The van der Waals surface area contributed by atoms with Crippen LogP contribution < -0.4 is 5.32 Å². The lowest BCUT2D eigenvalue weighted by Gasteiger charge is -2.16. The van der Waals surface area contributed by atoms with Gasteiger partial charge in [0.25, 0.3) is 0 Å². The lowest BCUT2D eigenvalue weighted by atomic mass is 10.1. The third kappa shape index (κ3) is 4.56. The number of aromatic nitrogens is 3. The summed E-state index contributed by atoms with van der Waals surface area (Å²) in [6.45, 7) is 3.97. The van der Waals surface area contributed by atoms with Gasteiger partial charge in [0.15, 0.2) is 5.65 Å². The van der Waals surface area contributed by atoms with E-state index >= 15 is 0 Å². The fraction of sp³-hybridized carbons (Fsp3) is 0.316. The van der Waals surface area contributed by atoms with Gasteiger partial charge in [0.05, 0.1) is 17.7 Å². The summed E-state index contributed by atoms with van der Waals surface area (Å²) in [4.78, 5) is 19.9. The van der Waals surface area contributed by atoms with Crippen molar-refractivity contribution in [3.63, 3.8) is 0 Å². The molecule has 0 fully saturated rings. The zero-order valence-corrected chi connectivity index (χ0v) is 16.1. The number of hydrogen-bond acceptors (Lipinski definition) is 4. The Morgan fingerprint density at radius 2 is 1.70 bits per heavy atom. The fourth-order valence-corrected chi connectivity index (χ4v) is 2.95. The number of nitrogens with one attached hydrogen (secondary N) is 1. The van der Waals surface area contributed by atoms with Gasteiger partial charge in [-0.25, -0.2) is 18.7 Å². The van der Waals surface area contributed by atoms with Gasteiger partial charge < -0.3 is 5.11 Å². The normalized spacial score (nSPS) is 12.4. The Balaban J connectivity index is 2.25. The first-order valence-corrected chi connectivity index (χ1v) is 8.70. The Kier molecular flexibility index (Phi) is 5.27. The van der Waals surface area contributed by atoms with Gasteiger partial charge in [-0.05, 0) is 44.5 Å². The molecule has 0 spiro atoms. The second-order valence-electron chi connectivity index (χ2n) is 7.43. The van der Waals surface area contributed by atoms with E-state index in [0.717, 1.165) is 22.8 Å². The number of pyridine rings is 1. The largest absolute Gasteiger partial charge is 0.433 e. The van der Waals surface area contributed by atoms with Crippen molar-refractivity contribution < 1.29 is 31.9 Å². The van der Waals surface area contributed by atoms with E-state index in [1.165, 1.54) is 20.8 Å². The molecule has 0 unspecified atom stereocenters. The summed E-state index contributed by atoms with van der Waals surface area (Å²) in [6.07, 6.45) is -5.13. The van der Waals surface area contributed by atoms with Crippen molar-refractivity contribution in [2.75, 3.05) is 5.32 Å². The number of halogens is 5. The molecule has 0 saturated heterocycles. The minimum Gasteiger partial charge on any atom is -0.390 e. The highest BCUT2D eigenvalue weighted by molar-refractivity contribution is 5.92. The van der Waals surface area contributed by atoms with Crippen molar-refractivity contribution in [2.45, 2.75) is 39.0 Å². The number of amides is 1. The van der Waals surface area contributed by atoms with Crippen LogP contribution in [-0.4, -0.2) is 31.1 Å². The highest BCUT2D eigenvalue weighted by Crippen LogP contribution is 2.34. The first-order chi connectivity index (χ1) is 13.7. The lowest BCUT2D eigenvalue weighted by Crippen LogP contribution is -2.28. The molecule has 11 heteroatoms. The summed E-state index contributed by atoms with van der Waals surface area (Å²) < 4.78 is 68.5. The van der Waals surface area contributed by atoms with Gasteiger partial charge in [-0.2, -0.15) is 13.2 Å². The molecule has 1 aromatic carbocycles. The van der Waals surface area contributed by atoms with Crippen LogP contribution >= 0.6 is 0 Å². The third-order valence-corrected chi connectivity index (χ3v) is 4.04. The maximum absolute atomic E-state index is 13.8. The molecule has 0 aliphatic heterocycles. The molecule has 0 atom stereocenters. The maximum Gasteiger partial charge on any atom is 0.433 e. The summed E-state index contributed by atoms with van der Waals surface area (Å²) >= 11 is 0. The van der Waals surface area contributed by atoms with Crippen LogP contribution in [0, 0.1) is 18.6 Å². The quantitative estimate of drug-likeness (QED) is 0.613. The molecule has 2 aromatic heterocycles. The number of carbonyl (C=O) groups is 1. The zero-order valence-electron chi connectivity index (χ0n) is 16.1. The van der Waals surface area contributed by atoms with Gasteiger partial charge in [-0.3, -0.25) is 14.7 Å². The lowest BCUT2D eigenvalue weighted by molar-refractivity contribution is -0.141. The summed E-state index contributed by atoms with van der Waals surface area (Å²) in [5, 5.41) is 12.2. The molecule has 0 bridgehead atoms. The second-order valence-corrected chi connectivity index (χ2v) is 7.43. The average molecular weight is 428 g/mol. The van der Waals surface area contributed by atoms with E-state index in [-0.39, 0.29) is 34.8 Å². The molecule has 1 amide bonds. The average Bonchev–Trinajstić information content (AvgIpc) is 2.86. The predicted molar refractivity (Wildman–Crippen MR) is 98.1 cm³/mol. The highest BCUT2D eigenvalue weighted by atomic mass is 19.4. The molecule has 0 saturated carbocycles. The fourth-order valence-electron chi connectivity index (χ4n) is 2.95. The van der Waals surface area contributed by atoms with Crippen molar-refractivity contribution in [3.05, 3.63) is 47.2 Å². The topological polar surface area (TPSA) is 80.0 Å². The van der Waals surface area contributed by atoms with Crippen molar-refractivity contribution >= 4 is 23.0 Å². The predicted octanol–water partition coefficient (Wildman–Crippen LogP) is 4.13. The minimum atomic E-state index is -4.77. The third-order valence-electron chi connectivity index (χ3n) is 4.04. The molecule has 0 aliphatic rings. The molecule has 3 rings (SSSR count). The van der Waals surface area contributed by atoms with Gasteiger partial charge in [0, 0.05) is 6.07 Å². The number of anilines is 1. The molecule has 2 heterocycles. The Morgan fingerprint density at radius 1 is 1.10 bits per heavy atom. The van der Waals surface area contributed by atoms with Crippen molar-refractivity contribution in [1.82, 2.24) is 14.5 Å². The number of aryl methyl sites for hydroxylation is 1. The SMILES string of the molecule is Cc1cc2nc(NC(=O)CC(C)(C)O)n(-c3cc(F)cc(F)c3)c2nc1C(F)(F)F. The van der Waals surface area contributed by atoms with Crippen molar-refractivity contribution in [3.8, 4) is 5.69 Å². The van der Waals surface area contributed by atoms with Crippen LogP contribution in [0.15, 0.2) is 24.3 Å². The Morgan fingerprint density at radius 3 is 2.23 bits per heavy atom. The summed E-state index contributed by atoms with van der Waals surface area (Å²) in [5.41, 5.74) is -3.37. The summed E-state index contributed by atoms with van der Waals surface area (Å²) in [7, 11) is 0. The monoisotopic (exact) mass is 428 g/mol. The van der Waals surface area contributed by atoms with Crippen LogP contribution in [0.3, 0.4) is 0 Å². The van der Waals surface area contributed by atoms with Crippen LogP contribution in [0.4, 0.5) is 27.9 Å². The van der Waals surface area contributed by atoms with Crippen LogP contribution in [0.5, 0.6) is 0 Å². The van der Waals surface area contributed by atoms with E-state index in [1.54, 1.807) is 0 Å². The first kappa shape index (κ1) is 21.6. The maximum atomic E-state index is 13.8. The smallest absolute Gasteiger partial charge is 0.390 e. The van der Waals surface area contributed by atoms with Gasteiger partial charge in [0.1, 0.15) is 22.8 Å². The van der Waals surface area contributed by atoms with Gasteiger partial charge in [-0.15, -0.1) is 0 Å². The number of carbonyl (C=O) groups excluding carboxylic acids is 1. The molecule has 6 nitrogen and oxygen atoms in total. The summed E-state index contributed by atoms with van der Waals surface area (Å²) in [6, 6.07) is 3.44. The highest BCUT2D eigenvalue weighted by Gasteiger charge is 2.35. The van der Waals surface area contributed by atoms with Gasteiger partial charge in [-0.1, -0.05) is 0 Å². The molecule has 3 aromatic rings. The van der Waals surface area contributed by atoms with Crippen molar-refractivity contribution in [1.29, 1.82) is 0 Å². The van der Waals surface area contributed by atoms with E-state index in [4.69, 9.17) is 0 Å². The van der Waals surface area contributed by atoms with Crippen LogP contribution in [0.2, 0.25) is 0 Å². The van der Waals surface area contributed by atoms with E-state index in [1.807, 2.05) is 0 Å². The number of rotatable bonds is 4. The van der Waals surface area contributed by atoms with Gasteiger partial charge >= 0.3 is 6.18 Å². The first-order valence-electron chi connectivity index (χ1n) is 8.70. The Hall–Kier alpha value is -3.08. The van der Waals surface area contributed by atoms with E-state index in [9.17, 15) is 31.9 Å². The van der Waals surface area contributed by atoms with E-state index < -0.39 is 35.0 Å². The van der Waals surface area contributed by atoms with E-state index in [0.29, 0.717) is 6.07 Å². The van der Waals surface area contributed by atoms with Gasteiger partial charge in [0.2, 0.25) is 11.9 Å². The molecular weight excluding hydrogens is 411 g/mol. The Labute approximate surface area is 167 Å².